The van der Waals surface area contributed by atoms with Crippen molar-refractivity contribution in [3.8, 4) is 5.75 Å². The van der Waals surface area contributed by atoms with Crippen LogP contribution in [0.1, 0.15) is 17.0 Å². The highest BCUT2D eigenvalue weighted by Crippen LogP contribution is 2.26. The van der Waals surface area contributed by atoms with Crippen LogP contribution in [-0.4, -0.2) is 28.1 Å². The largest absolute Gasteiger partial charge is 0.508 e. The van der Waals surface area contributed by atoms with Gasteiger partial charge in [-0.05, 0) is 41.8 Å². The summed E-state index contributed by atoms with van der Waals surface area (Å²) < 4.78 is 1.26. The second-order valence-electron chi connectivity index (χ2n) is 5.84. The molecule has 0 radical (unpaired) electrons. The summed E-state index contributed by atoms with van der Waals surface area (Å²) in [6, 6.07) is 15.8. The predicted octanol–water partition coefficient (Wildman–Crippen LogP) is 4.29. The van der Waals surface area contributed by atoms with Gasteiger partial charge in [0.15, 0.2) is 0 Å². The summed E-state index contributed by atoms with van der Waals surface area (Å²) in [5.74, 6) is 0.322. The van der Waals surface area contributed by atoms with Gasteiger partial charge in [0, 0.05) is 13.1 Å². The maximum atomic E-state index is 9.39. The van der Waals surface area contributed by atoms with Gasteiger partial charge in [-0.3, -0.25) is 4.90 Å². The van der Waals surface area contributed by atoms with Crippen LogP contribution in [0.25, 0.3) is 15.8 Å². The van der Waals surface area contributed by atoms with Crippen LogP contribution in [0.4, 0.5) is 0 Å². The van der Waals surface area contributed by atoms with E-state index in [-0.39, 0.29) is 0 Å². The second-order valence-corrected chi connectivity index (χ2v) is 6.95. The lowest BCUT2D eigenvalue weighted by Crippen LogP contribution is -2.27. The molecule has 3 aromatic rings. The molecular weight excluding hydrogens is 304 g/mol. The third-order valence-electron chi connectivity index (χ3n) is 4.23. The topological polar surface area (TPSA) is 36.4 Å². The van der Waals surface area contributed by atoms with Crippen LogP contribution in [-0.2, 0) is 6.54 Å². The van der Waals surface area contributed by atoms with Crippen LogP contribution in [0.2, 0.25) is 0 Å². The summed E-state index contributed by atoms with van der Waals surface area (Å²) in [6.45, 7) is 2.91. The smallest absolute Gasteiger partial charge is 0.115 e. The third kappa shape index (κ3) is 3.14. The number of hydrogen-bond acceptors (Lipinski definition) is 4. The molecule has 0 amide bonds. The van der Waals surface area contributed by atoms with E-state index in [4.69, 9.17) is 4.98 Å². The van der Waals surface area contributed by atoms with Crippen molar-refractivity contribution in [3.63, 3.8) is 0 Å². The molecule has 0 aliphatic carbocycles. The first kappa shape index (κ1) is 14.4. The zero-order valence-corrected chi connectivity index (χ0v) is 13.6. The molecule has 0 saturated heterocycles. The lowest BCUT2D eigenvalue weighted by Gasteiger charge is -2.25. The van der Waals surface area contributed by atoms with Crippen molar-refractivity contribution in [3.05, 3.63) is 65.2 Å². The van der Waals surface area contributed by atoms with Crippen molar-refractivity contribution < 1.29 is 5.11 Å². The molecule has 23 heavy (non-hydrogen) atoms. The van der Waals surface area contributed by atoms with E-state index >= 15 is 0 Å². The molecule has 3 nitrogen and oxygen atoms in total. The van der Waals surface area contributed by atoms with Gasteiger partial charge in [-0.25, -0.2) is 4.98 Å². The second kappa shape index (κ2) is 6.14. The summed E-state index contributed by atoms with van der Waals surface area (Å²) in [7, 11) is 0. The van der Waals surface area contributed by atoms with E-state index in [0.717, 1.165) is 31.6 Å². The summed E-state index contributed by atoms with van der Waals surface area (Å²) in [6.07, 6.45) is 3.33. The highest BCUT2D eigenvalue weighted by Gasteiger charge is 2.15. The van der Waals surface area contributed by atoms with Gasteiger partial charge < -0.3 is 5.11 Å². The minimum Gasteiger partial charge on any atom is -0.508 e. The van der Waals surface area contributed by atoms with Gasteiger partial charge in [0.2, 0.25) is 0 Å². The number of rotatable bonds is 3. The van der Waals surface area contributed by atoms with Gasteiger partial charge in [0.05, 0.1) is 16.8 Å². The van der Waals surface area contributed by atoms with Crippen LogP contribution in [0.5, 0.6) is 5.75 Å². The van der Waals surface area contributed by atoms with E-state index in [9.17, 15) is 5.11 Å². The Kier molecular flexibility index (Phi) is 3.85. The van der Waals surface area contributed by atoms with Crippen LogP contribution >= 0.6 is 11.3 Å². The van der Waals surface area contributed by atoms with Crippen LogP contribution in [0.15, 0.2) is 54.6 Å². The quantitative estimate of drug-likeness (QED) is 0.781. The van der Waals surface area contributed by atoms with Gasteiger partial charge in [-0.2, -0.15) is 0 Å². The molecule has 0 unspecified atom stereocenters. The molecule has 0 bridgehead atoms. The van der Waals surface area contributed by atoms with Crippen molar-refractivity contribution in [2.45, 2.75) is 13.0 Å². The Morgan fingerprint density at radius 1 is 1.09 bits per heavy atom. The minimum atomic E-state index is 0.322. The van der Waals surface area contributed by atoms with E-state index in [1.165, 1.54) is 20.8 Å². The molecule has 0 saturated carbocycles. The fraction of sp³-hybridized carbons (Fsp3) is 0.211. The number of aromatic nitrogens is 1. The van der Waals surface area contributed by atoms with E-state index in [2.05, 4.69) is 29.2 Å². The highest BCUT2D eigenvalue weighted by molar-refractivity contribution is 7.18. The van der Waals surface area contributed by atoms with Crippen LogP contribution in [0, 0.1) is 0 Å². The Bertz CT molecular complexity index is 818. The molecule has 2 aromatic carbocycles. The summed E-state index contributed by atoms with van der Waals surface area (Å²) in [5, 5.41) is 10.6. The van der Waals surface area contributed by atoms with Crippen molar-refractivity contribution in [2.75, 3.05) is 13.1 Å². The third-order valence-corrected chi connectivity index (χ3v) is 5.25. The molecule has 4 heteroatoms. The van der Waals surface area contributed by atoms with Gasteiger partial charge >= 0.3 is 0 Å². The molecule has 116 valence electrons. The monoisotopic (exact) mass is 322 g/mol. The molecular formula is C19H18N2OS. The Labute approximate surface area is 139 Å². The summed E-state index contributed by atoms with van der Waals surface area (Å²) in [5.41, 5.74) is 3.68. The molecule has 1 aliphatic rings. The number of phenolic OH excluding ortho intramolecular Hbond substituents is 1. The standard InChI is InChI=1S/C19H18N2OS/c22-16-7-5-14(6-8-16)15-9-11-21(12-10-15)13-19-20-17-3-1-2-4-18(17)23-19/h1-9,22H,10-13H2. The number of para-hydroxylation sites is 1. The molecule has 0 atom stereocenters. The van der Waals surface area contributed by atoms with Gasteiger partial charge in [0.1, 0.15) is 10.8 Å². The van der Waals surface area contributed by atoms with Gasteiger partial charge in [-0.15, -0.1) is 11.3 Å². The normalized spacial score (nSPS) is 15.7. The number of benzene rings is 2. The average molecular weight is 322 g/mol. The summed E-state index contributed by atoms with van der Waals surface area (Å²) in [4.78, 5) is 7.15. The fourth-order valence-corrected chi connectivity index (χ4v) is 3.98. The van der Waals surface area contributed by atoms with Crippen molar-refractivity contribution in [2.24, 2.45) is 0 Å². The zero-order valence-electron chi connectivity index (χ0n) is 12.8. The van der Waals surface area contributed by atoms with Crippen LogP contribution in [0.3, 0.4) is 0 Å². The number of phenols is 1. The maximum absolute atomic E-state index is 9.39. The van der Waals surface area contributed by atoms with Crippen molar-refractivity contribution in [1.29, 1.82) is 0 Å². The number of thiazole rings is 1. The van der Waals surface area contributed by atoms with Crippen molar-refractivity contribution >= 4 is 27.1 Å². The Morgan fingerprint density at radius 3 is 2.65 bits per heavy atom. The Balaban J connectivity index is 1.45. The van der Waals surface area contributed by atoms with Crippen molar-refractivity contribution in [1.82, 2.24) is 9.88 Å². The lowest BCUT2D eigenvalue weighted by molar-refractivity contribution is 0.293. The Hall–Kier alpha value is -2.17. The van der Waals surface area contributed by atoms with Gasteiger partial charge in [0.25, 0.3) is 0 Å². The molecule has 0 spiro atoms. The molecule has 1 aliphatic heterocycles. The number of hydrogen-bond donors (Lipinski definition) is 1. The lowest BCUT2D eigenvalue weighted by atomic mass is 9.99. The Morgan fingerprint density at radius 2 is 1.91 bits per heavy atom. The first-order valence-electron chi connectivity index (χ1n) is 7.83. The molecule has 1 aromatic heterocycles. The van der Waals surface area contributed by atoms with E-state index in [1.807, 2.05) is 18.2 Å². The zero-order chi connectivity index (χ0) is 15.6. The molecule has 2 heterocycles. The SMILES string of the molecule is Oc1ccc(C2=CCN(Cc3nc4ccccc4s3)CC2)cc1. The van der Waals surface area contributed by atoms with Gasteiger partial charge in [-0.1, -0.05) is 30.3 Å². The summed E-state index contributed by atoms with van der Waals surface area (Å²) >= 11 is 1.79. The first-order chi connectivity index (χ1) is 11.3. The van der Waals surface area contributed by atoms with Crippen LogP contribution < -0.4 is 0 Å². The first-order valence-corrected chi connectivity index (χ1v) is 8.65. The number of nitrogens with zero attached hydrogens (tertiary/aromatic N) is 2. The average Bonchev–Trinajstić information content (AvgIpc) is 2.98. The fourth-order valence-electron chi connectivity index (χ4n) is 2.97. The molecule has 0 fully saturated rings. The van der Waals surface area contributed by atoms with E-state index in [1.54, 1.807) is 23.5 Å². The maximum Gasteiger partial charge on any atom is 0.115 e. The number of aromatic hydroxyl groups is 1. The molecule has 1 N–H and O–H groups in total. The predicted molar refractivity (Wildman–Crippen MR) is 95.6 cm³/mol. The van der Waals surface area contributed by atoms with E-state index in [0.29, 0.717) is 5.75 Å². The number of fused-ring (bicyclic) bond motifs is 1. The van der Waals surface area contributed by atoms with E-state index < -0.39 is 0 Å². The minimum absolute atomic E-state index is 0.322. The molecule has 4 rings (SSSR count). The highest BCUT2D eigenvalue weighted by atomic mass is 32.1.